The third-order valence-corrected chi connectivity index (χ3v) is 3.23. The van der Waals surface area contributed by atoms with Crippen LogP contribution in [0, 0.1) is 0 Å². The van der Waals surface area contributed by atoms with Gasteiger partial charge in [-0.2, -0.15) is 0 Å². The van der Waals surface area contributed by atoms with Crippen LogP contribution in [0.2, 0.25) is 0 Å². The van der Waals surface area contributed by atoms with Gasteiger partial charge >= 0.3 is 0 Å². The molecular formula is C13H20N4O. The molecule has 5 heteroatoms. The maximum absolute atomic E-state index is 12.2. The molecule has 1 fully saturated rings. The van der Waals surface area contributed by atoms with Crippen molar-refractivity contribution < 1.29 is 4.79 Å². The first-order valence-electron chi connectivity index (χ1n) is 6.44. The van der Waals surface area contributed by atoms with Crippen molar-refractivity contribution in [3.05, 3.63) is 23.9 Å². The molecule has 1 saturated heterocycles. The van der Waals surface area contributed by atoms with E-state index in [0.717, 1.165) is 39.1 Å². The first kappa shape index (κ1) is 12.8. The lowest BCUT2D eigenvalue weighted by Crippen LogP contribution is -2.48. The normalized spacial score (nSPS) is 16.8. The van der Waals surface area contributed by atoms with Crippen molar-refractivity contribution in [3.63, 3.8) is 0 Å². The predicted octanol–water partition coefficient (Wildman–Crippen LogP) is 0.832. The van der Waals surface area contributed by atoms with Crippen LogP contribution in [-0.4, -0.2) is 53.4 Å². The summed E-state index contributed by atoms with van der Waals surface area (Å²) in [5, 5.41) is 0. The fourth-order valence-corrected chi connectivity index (χ4v) is 2.25. The van der Waals surface area contributed by atoms with E-state index in [0.29, 0.717) is 11.4 Å². The van der Waals surface area contributed by atoms with E-state index in [1.54, 1.807) is 18.3 Å². The molecule has 18 heavy (non-hydrogen) atoms. The van der Waals surface area contributed by atoms with Crippen molar-refractivity contribution >= 4 is 11.7 Å². The Labute approximate surface area is 108 Å². The molecule has 0 saturated carbocycles. The third-order valence-electron chi connectivity index (χ3n) is 3.23. The molecule has 0 aliphatic carbocycles. The standard InChI is InChI=1S/C13H20N4O/c1-2-5-16-6-8-17(9-7-16)13(18)11-3-4-15-12(14)10-11/h3-4,10H,2,5-9H2,1H3,(H2,14,15). The molecule has 1 amide bonds. The lowest BCUT2D eigenvalue weighted by atomic mass is 10.2. The van der Waals surface area contributed by atoms with E-state index in [1.807, 2.05) is 4.90 Å². The second kappa shape index (κ2) is 5.82. The smallest absolute Gasteiger partial charge is 0.254 e. The molecular weight excluding hydrogens is 228 g/mol. The van der Waals surface area contributed by atoms with Gasteiger partial charge in [0.05, 0.1) is 0 Å². The first-order chi connectivity index (χ1) is 8.70. The number of nitrogens with zero attached hydrogens (tertiary/aromatic N) is 3. The fourth-order valence-electron chi connectivity index (χ4n) is 2.25. The Morgan fingerprint density at radius 2 is 2.11 bits per heavy atom. The van der Waals surface area contributed by atoms with E-state index in [1.165, 1.54) is 0 Å². The summed E-state index contributed by atoms with van der Waals surface area (Å²) in [6.45, 7) is 6.80. The maximum atomic E-state index is 12.2. The zero-order valence-electron chi connectivity index (χ0n) is 10.8. The number of anilines is 1. The van der Waals surface area contributed by atoms with E-state index in [9.17, 15) is 4.79 Å². The van der Waals surface area contributed by atoms with Crippen molar-refractivity contribution in [1.82, 2.24) is 14.8 Å². The molecule has 0 spiro atoms. The van der Waals surface area contributed by atoms with Crippen molar-refractivity contribution in [3.8, 4) is 0 Å². The molecule has 98 valence electrons. The van der Waals surface area contributed by atoms with Crippen LogP contribution in [0.1, 0.15) is 23.7 Å². The highest BCUT2D eigenvalue weighted by molar-refractivity contribution is 5.94. The average molecular weight is 248 g/mol. The van der Waals surface area contributed by atoms with E-state index in [2.05, 4.69) is 16.8 Å². The SMILES string of the molecule is CCCN1CCN(C(=O)c2ccnc(N)c2)CC1. The number of carbonyl (C=O) groups excluding carboxylic acids is 1. The van der Waals surface area contributed by atoms with Gasteiger partial charge in [0.15, 0.2) is 0 Å². The minimum absolute atomic E-state index is 0.0558. The van der Waals surface area contributed by atoms with Crippen LogP contribution in [0.15, 0.2) is 18.3 Å². The summed E-state index contributed by atoms with van der Waals surface area (Å²) in [4.78, 5) is 20.4. The summed E-state index contributed by atoms with van der Waals surface area (Å²) in [6.07, 6.45) is 2.74. The topological polar surface area (TPSA) is 62.5 Å². The summed E-state index contributed by atoms with van der Waals surface area (Å²) >= 11 is 0. The Morgan fingerprint density at radius 1 is 1.39 bits per heavy atom. The Kier molecular flexibility index (Phi) is 4.15. The highest BCUT2D eigenvalue weighted by Crippen LogP contribution is 2.10. The van der Waals surface area contributed by atoms with Crippen LogP contribution in [0.5, 0.6) is 0 Å². The molecule has 0 atom stereocenters. The Balaban J connectivity index is 1.95. The number of nitrogen functional groups attached to an aromatic ring is 1. The zero-order chi connectivity index (χ0) is 13.0. The van der Waals surface area contributed by atoms with Gasteiger partial charge in [-0.25, -0.2) is 4.98 Å². The molecule has 5 nitrogen and oxygen atoms in total. The van der Waals surface area contributed by atoms with Gasteiger partial charge < -0.3 is 10.6 Å². The molecule has 0 radical (unpaired) electrons. The minimum atomic E-state index is 0.0558. The van der Waals surface area contributed by atoms with Crippen LogP contribution in [0.3, 0.4) is 0 Å². The third kappa shape index (κ3) is 2.98. The number of hydrogen-bond donors (Lipinski definition) is 1. The first-order valence-corrected chi connectivity index (χ1v) is 6.44. The largest absolute Gasteiger partial charge is 0.384 e. The van der Waals surface area contributed by atoms with Crippen LogP contribution >= 0.6 is 0 Å². The average Bonchev–Trinajstić information content (AvgIpc) is 2.39. The van der Waals surface area contributed by atoms with Gasteiger partial charge in [-0.3, -0.25) is 9.69 Å². The van der Waals surface area contributed by atoms with E-state index < -0.39 is 0 Å². The highest BCUT2D eigenvalue weighted by Gasteiger charge is 2.21. The van der Waals surface area contributed by atoms with Crippen LogP contribution in [-0.2, 0) is 0 Å². The number of nitrogens with two attached hydrogens (primary N) is 1. The minimum Gasteiger partial charge on any atom is -0.384 e. The van der Waals surface area contributed by atoms with Crippen molar-refractivity contribution in [2.24, 2.45) is 0 Å². The van der Waals surface area contributed by atoms with Gasteiger partial charge in [0, 0.05) is 37.9 Å². The van der Waals surface area contributed by atoms with E-state index >= 15 is 0 Å². The van der Waals surface area contributed by atoms with E-state index in [-0.39, 0.29) is 5.91 Å². The van der Waals surface area contributed by atoms with Gasteiger partial charge in [-0.1, -0.05) is 6.92 Å². The summed E-state index contributed by atoms with van der Waals surface area (Å²) in [5.74, 6) is 0.450. The quantitative estimate of drug-likeness (QED) is 0.860. The zero-order valence-corrected chi connectivity index (χ0v) is 10.8. The molecule has 0 bridgehead atoms. The van der Waals surface area contributed by atoms with Gasteiger partial charge in [-0.15, -0.1) is 0 Å². The monoisotopic (exact) mass is 248 g/mol. The molecule has 0 aromatic carbocycles. The van der Waals surface area contributed by atoms with E-state index in [4.69, 9.17) is 5.73 Å². The number of pyridine rings is 1. The molecule has 1 aliphatic heterocycles. The van der Waals surface area contributed by atoms with Crippen LogP contribution in [0.25, 0.3) is 0 Å². The van der Waals surface area contributed by atoms with Crippen LogP contribution < -0.4 is 5.73 Å². The summed E-state index contributed by atoms with van der Waals surface area (Å²) in [6, 6.07) is 3.36. The lowest BCUT2D eigenvalue weighted by Gasteiger charge is -2.34. The summed E-state index contributed by atoms with van der Waals surface area (Å²) in [7, 11) is 0. The van der Waals surface area contributed by atoms with Gasteiger partial charge in [0.25, 0.3) is 5.91 Å². The molecule has 1 aliphatic rings. The summed E-state index contributed by atoms with van der Waals surface area (Å²) < 4.78 is 0. The molecule has 1 aromatic rings. The number of rotatable bonds is 3. The number of aromatic nitrogens is 1. The van der Waals surface area contributed by atoms with Crippen molar-refractivity contribution in [2.75, 3.05) is 38.5 Å². The van der Waals surface area contributed by atoms with Crippen LogP contribution in [0.4, 0.5) is 5.82 Å². The highest BCUT2D eigenvalue weighted by atomic mass is 16.2. The number of carbonyl (C=O) groups is 1. The lowest BCUT2D eigenvalue weighted by molar-refractivity contribution is 0.0637. The fraction of sp³-hybridized carbons (Fsp3) is 0.538. The van der Waals surface area contributed by atoms with Gasteiger partial charge in [-0.05, 0) is 25.1 Å². The number of hydrogen-bond acceptors (Lipinski definition) is 4. The molecule has 0 unspecified atom stereocenters. The molecule has 2 heterocycles. The Hall–Kier alpha value is -1.62. The summed E-state index contributed by atoms with van der Waals surface area (Å²) in [5.41, 5.74) is 6.23. The Bertz CT molecular complexity index is 413. The Morgan fingerprint density at radius 3 is 2.72 bits per heavy atom. The predicted molar refractivity (Wildman–Crippen MR) is 71.3 cm³/mol. The maximum Gasteiger partial charge on any atom is 0.254 e. The van der Waals surface area contributed by atoms with Crippen molar-refractivity contribution in [1.29, 1.82) is 0 Å². The number of piperazine rings is 1. The van der Waals surface area contributed by atoms with Gasteiger partial charge in [0.1, 0.15) is 5.82 Å². The van der Waals surface area contributed by atoms with Gasteiger partial charge in [0.2, 0.25) is 0 Å². The molecule has 2 N–H and O–H groups in total. The second-order valence-electron chi connectivity index (χ2n) is 4.60. The van der Waals surface area contributed by atoms with Crippen molar-refractivity contribution in [2.45, 2.75) is 13.3 Å². The molecule has 1 aromatic heterocycles. The molecule has 2 rings (SSSR count). The second-order valence-corrected chi connectivity index (χ2v) is 4.60. The number of amides is 1.